The molecule has 0 saturated carbocycles. The average Bonchev–Trinajstić information content (AvgIpc) is 2.01. The van der Waals surface area contributed by atoms with Crippen LogP contribution in [0.2, 0.25) is 0 Å². The topological polar surface area (TPSA) is 73.6 Å². The summed E-state index contributed by atoms with van der Waals surface area (Å²) in [5.74, 6) is 0. The molecule has 0 rings (SSSR count). The molecular weight excluding hydrogens is 167 g/mol. The van der Waals surface area contributed by atoms with E-state index >= 15 is 0 Å². The van der Waals surface area contributed by atoms with Gasteiger partial charge in [0.15, 0.2) is 0 Å². The number of hydrogen-bond acceptors (Lipinski definition) is 5. The zero-order chi connectivity index (χ0) is 8.53. The first-order valence-corrected chi connectivity index (χ1v) is 4.80. The van der Waals surface area contributed by atoms with E-state index in [2.05, 4.69) is 10.1 Å². The van der Waals surface area contributed by atoms with Gasteiger partial charge in [0, 0.05) is 13.1 Å². The van der Waals surface area contributed by atoms with Crippen LogP contribution in [0.4, 0.5) is 0 Å². The first-order chi connectivity index (χ1) is 5.31. The van der Waals surface area contributed by atoms with E-state index < -0.39 is 8.25 Å². The predicted octanol–water partition coefficient (Wildman–Crippen LogP) is 0.283. The smallest absolute Gasteiger partial charge is 0.329 e. The second-order valence-corrected chi connectivity index (χ2v) is 2.88. The lowest BCUT2D eigenvalue weighted by Gasteiger charge is -2.03. The number of rotatable bonds is 7. The Balaban J connectivity index is 3.09. The zero-order valence-electron chi connectivity index (χ0n) is 6.63. The fourth-order valence-electron chi connectivity index (χ4n) is 0.384. The Labute approximate surface area is 67.1 Å². The molecule has 0 aromatic heterocycles. The summed E-state index contributed by atoms with van der Waals surface area (Å²) >= 11 is 0. The molecule has 0 saturated heterocycles. The van der Waals surface area contributed by atoms with Crippen molar-refractivity contribution >= 4 is 8.25 Å². The SMILES string of the molecule is CCCO[PH](=O)ONCCN. The van der Waals surface area contributed by atoms with Crippen molar-refractivity contribution in [1.82, 2.24) is 5.48 Å². The number of hydroxylamine groups is 1. The van der Waals surface area contributed by atoms with Gasteiger partial charge in [-0.15, -0.1) is 0 Å². The predicted molar refractivity (Wildman–Crippen MR) is 43.4 cm³/mol. The van der Waals surface area contributed by atoms with E-state index in [9.17, 15) is 4.57 Å². The van der Waals surface area contributed by atoms with Gasteiger partial charge in [-0.2, -0.15) is 5.48 Å². The highest BCUT2D eigenvalue weighted by Gasteiger charge is 1.96. The Bertz CT molecular complexity index is 112. The molecule has 68 valence electrons. The molecule has 0 aliphatic rings. The Morgan fingerprint density at radius 1 is 1.64 bits per heavy atom. The second kappa shape index (κ2) is 8.17. The maximum absolute atomic E-state index is 10.7. The van der Waals surface area contributed by atoms with Crippen molar-refractivity contribution in [1.29, 1.82) is 0 Å². The van der Waals surface area contributed by atoms with Crippen molar-refractivity contribution < 1.29 is 13.7 Å². The molecule has 1 atom stereocenters. The molecule has 0 aliphatic carbocycles. The lowest BCUT2D eigenvalue weighted by Crippen LogP contribution is -2.20. The van der Waals surface area contributed by atoms with Crippen molar-refractivity contribution in [2.75, 3.05) is 19.7 Å². The van der Waals surface area contributed by atoms with Crippen LogP contribution in [-0.4, -0.2) is 19.7 Å². The summed E-state index contributed by atoms with van der Waals surface area (Å²) in [6.07, 6.45) is 0.830. The Kier molecular flexibility index (Phi) is 8.22. The summed E-state index contributed by atoms with van der Waals surface area (Å²) < 4.78 is 20.1. The third-order valence-corrected chi connectivity index (χ3v) is 1.58. The third kappa shape index (κ3) is 7.97. The Morgan fingerprint density at radius 3 is 2.91 bits per heavy atom. The van der Waals surface area contributed by atoms with Crippen molar-refractivity contribution in [3.8, 4) is 0 Å². The standard InChI is InChI=1S/C5H15N2O3P/c1-2-5-9-11(8)10-7-4-3-6/h7,11H,2-6H2,1H3. The van der Waals surface area contributed by atoms with Crippen molar-refractivity contribution in [3.63, 3.8) is 0 Å². The number of nitrogens with two attached hydrogens (primary N) is 1. The highest BCUT2D eigenvalue weighted by atomic mass is 31.1. The molecule has 1 unspecified atom stereocenters. The van der Waals surface area contributed by atoms with Crippen LogP contribution in [0.1, 0.15) is 13.3 Å². The van der Waals surface area contributed by atoms with Crippen LogP contribution in [0.5, 0.6) is 0 Å². The molecule has 0 aliphatic heterocycles. The summed E-state index contributed by atoms with van der Waals surface area (Å²) in [7, 11) is -2.34. The maximum atomic E-state index is 10.7. The largest absolute Gasteiger partial charge is 0.335 e. The molecule has 0 bridgehead atoms. The average molecular weight is 182 g/mol. The van der Waals surface area contributed by atoms with Crippen molar-refractivity contribution in [2.24, 2.45) is 5.73 Å². The number of hydrogen-bond donors (Lipinski definition) is 2. The first kappa shape index (κ1) is 11.1. The molecule has 0 fully saturated rings. The van der Waals surface area contributed by atoms with Gasteiger partial charge in [-0.3, -0.25) is 4.57 Å². The van der Waals surface area contributed by atoms with E-state index in [0.29, 0.717) is 19.7 Å². The second-order valence-electron chi connectivity index (χ2n) is 1.88. The third-order valence-electron chi connectivity index (χ3n) is 0.826. The van der Waals surface area contributed by atoms with Gasteiger partial charge in [0.05, 0.1) is 6.61 Å². The van der Waals surface area contributed by atoms with Crippen molar-refractivity contribution in [2.45, 2.75) is 13.3 Å². The molecule has 0 radical (unpaired) electrons. The van der Waals surface area contributed by atoms with Gasteiger partial charge in [-0.1, -0.05) is 6.92 Å². The zero-order valence-corrected chi connectivity index (χ0v) is 7.63. The molecule has 3 N–H and O–H groups in total. The summed E-state index contributed by atoms with van der Waals surface area (Å²) in [4.78, 5) is 0. The summed E-state index contributed by atoms with van der Waals surface area (Å²) in [5.41, 5.74) is 7.57. The molecule has 0 heterocycles. The van der Waals surface area contributed by atoms with E-state index in [4.69, 9.17) is 10.3 Å². The van der Waals surface area contributed by atoms with E-state index in [0.717, 1.165) is 6.42 Å². The van der Waals surface area contributed by atoms with Crippen LogP contribution in [0.15, 0.2) is 0 Å². The van der Waals surface area contributed by atoms with Crippen LogP contribution in [0, 0.1) is 0 Å². The van der Waals surface area contributed by atoms with E-state index in [-0.39, 0.29) is 0 Å². The highest BCUT2D eigenvalue weighted by Crippen LogP contribution is 2.21. The highest BCUT2D eigenvalue weighted by molar-refractivity contribution is 7.33. The Hall–Kier alpha value is 0.0700. The minimum absolute atomic E-state index is 0.447. The lowest BCUT2D eigenvalue weighted by atomic mass is 10.5. The minimum atomic E-state index is -2.34. The van der Waals surface area contributed by atoms with Gasteiger partial charge in [0.2, 0.25) is 0 Å². The first-order valence-electron chi connectivity index (χ1n) is 3.57. The summed E-state index contributed by atoms with van der Waals surface area (Å²) in [6, 6.07) is 0. The fraction of sp³-hybridized carbons (Fsp3) is 1.00. The van der Waals surface area contributed by atoms with Crippen LogP contribution < -0.4 is 11.2 Å². The molecule has 0 amide bonds. The van der Waals surface area contributed by atoms with Gasteiger partial charge in [-0.25, -0.2) is 4.62 Å². The normalized spacial score (nSPS) is 13.3. The lowest BCUT2D eigenvalue weighted by molar-refractivity contribution is 0.159. The van der Waals surface area contributed by atoms with E-state index in [1.165, 1.54) is 0 Å². The van der Waals surface area contributed by atoms with Crippen molar-refractivity contribution in [3.05, 3.63) is 0 Å². The molecule has 0 spiro atoms. The Morgan fingerprint density at radius 2 is 2.36 bits per heavy atom. The van der Waals surface area contributed by atoms with Gasteiger partial charge < -0.3 is 10.3 Å². The molecule has 11 heavy (non-hydrogen) atoms. The van der Waals surface area contributed by atoms with Crippen LogP contribution in [0.25, 0.3) is 0 Å². The van der Waals surface area contributed by atoms with Gasteiger partial charge >= 0.3 is 8.25 Å². The molecule has 0 aromatic rings. The monoisotopic (exact) mass is 182 g/mol. The van der Waals surface area contributed by atoms with Gasteiger partial charge in [0.25, 0.3) is 0 Å². The summed E-state index contributed by atoms with van der Waals surface area (Å²) in [5, 5.41) is 0. The molecular formula is C5H15N2O3P. The summed E-state index contributed by atoms with van der Waals surface area (Å²) in [6.45, 7) is 3.32. The maximum Gasteiger partial charge on any atom is 0.335 e. The number of nitrogens with one attached hydrogen (secondary N) is 1. The molecule has 6 heteroatoms. The van der Waals surface area contributed by atoms with Crippen LogP contribution in [-0.2, 0) is 13.7 Å². The molecule has 0 aromatic carbocycles. The van der Waals surface area contributed by atoms with Crippen LogP contribution >= 0.6 is 8.25 Å². The van der Waals surface area contributed by atoms with Gasteiger partial charge in [0.1, 0.15) is 0 Å². The van der Waals surface area contributed by atoms with E-state index in [1.54, 1.807) is 0 Å². The minimum Gasteiger partial charge on any atom is -0.329 e. The quantitative estimate of drug-likeness (QED) is 0.336. The van der Waals surface area contributed by atoms with Crippen LogP contribution in [0.3, 0.4) is 0 Å². The molecule has 5 nitrogen and oxygen atoms in total. The van der Waals surface area contributed by atoms with Gasteiger partial charge in [-0.05, 0) is 6.42 Å². The van der Waals surface area contributed by atoms with E-state index in [1.807, 2.05) is 6.92 Å². The fourth-order valence-corrected chi connectivity index (χ4v) is 1.03.